The minimum absolute atomic E-state index is 0.201. The number of aryl methyl sites for hydroxylation is 2. The monoisotopic (exact) mass is 500 g/mol. The SMILES string of the molecule is CCOc1cccc(-c2cc(=O)n(C)c3c(C(O)(c4ccc(Cl)nc4)c4cncn4C)cccc23)c1. The molecule has 0 fully saturated rings. The third-order valence-electron chi connectivity index (χ3n) is 6.44. The molecule has 8 heteroatoms. The lowest BCUT2D eigenvalue weighted by Crippen LogP contribution is -2.33. The lowest BCUT2D eigenvalue weighted by molar-refractivity contribution is 0.118. The lowest BCUT2D eigenvalue weighted by Gasteiger charge is -2.31. The van der Waals surface area contributed by atoms with Crippen LogP contribution in [0.3, 0.4) is 0 Å². The average Bonchev–Trinajstić information content (AvgIpc) is 3.32. The van der Waals surface area contributed by atoms with Crippen molar-refractivity contribution in [1.29, 1.82) is 0 Å². The first-order chi connectivity index (χ1) is 17.3. The average molecular weight is 501 g/mol. The molecule has 182 valence electrons. The van der Waals surface area contributed by atoms with Gasteiger partial charge in [-0.2, -0.15) is 0 Å². The third-order valence-corrected chi connectivity index (χ3v) is 6.66. The van der Waals surface area contributed by atoms with Crippen LogP contribution in [0.25, 0.3) is 22.0 Å². The summed E-state index contributed by atoms with van der Waals surface area (Å²) in [5.41, 5.74) is 1.87. The molecule has 0 saturated heterocycles. The van der Waals surface area contributed by atoms with Crippen molar-refractivity contribution >= 4 is 22.5 Å². The molecule has 0 bridgehead atoms. The van der Waals surface area contributed by atoms with Crippen LogP contribution in [0, 0.1) is 0 Å². The van der Waals surface area contributed by atoms with Crippen molar-refractivity contribution in [3.05, 3.63) is 112 Å². The molecule has 0 saturated carbocycles. The van der Waals surface area contributed by atoms with Crippen molar-refractivity contribution in [3.63, 3.8) is 0 Å². The Bertz CT molecular complexity index is 1620. The van der Waals surface area contributed by atoms with Crippen molar-refractivity contribution in [2.45, 2.75) is 12.5 Å². The number of fused-ring (bicyclic) bond motifs is 1. The van der Waals surface area contributed by atoms with Gasteiger partial charge in [-0.05, 0) is 36.2 Å². The second kappa shape index (κ2) is 9.26. The van der Waals surface area contributed by atoms with Crippen molar-refractivity contribution < 1.29 is 9.84 Å². The Morgan fingerprint density at radius 3 is 2.56 bits per heavy atom. The van der Waals surface area contributed by atoms with E-state index >= 15 is 0 Å². The molecular weight excluding hydrogens is 476 g/mol. The number of aliphatic hydroxyl groups is 1. The highest BCUT2D eigenvalue weighted by Crippen LogP contribution is 2.41. The van der Waals surface area contributed by atoms with Crippen LogP contribution in [-0.2, 0) is 19.7 Å². The molecule has 1 unspecified atom stereocenters. The number of imidazole rings is 1. The quantitative estimate of drug-likeness (QED) is 0.343. The van der Waals surface area contributed by atoms with Gasteiger partial charge >= 0.3 is 0 Å². The van der Waals surface area contributed by atoms with E-state index in [1.807, 2.05) is 56.4 Å². The van der Waals surface area contributed by atoms with Crippen molar-refractivity contribution in [2.24, 2.45) is 14.1 Å². The van der Waals surface area contributed by atoms with Crippen LogP contribution in [0.4, 0.5) is 0 Å². The maximum absolute atomic E-state index is 13.3. The Morgan fingerprint density at radius 2 is 1.86 bits per heavy atom. The van der Waals surface area contributed by atoms with E-state index < -0.39 is 5.60 Å². The number of para-hydroxylation sites is 1. The van der Waals surface area contributed by atoms with E-state index in [-0.39, 0.29) is 5.56 Å². The van der Waals surface area contributed by atoms with Gasteiger partial charge in [0, 0.05) is 42.9 Å². The van der Waals surface area contributed by atoms with Crippen LogP contribution in [0.2, 0.25) is 5.15 Å². The zero-order valence-electron chi connectivity index (χ0n) is 20.1. The van der Waals surface area contributed by atoms with Crippen molar-refractivity contribution in [1.82, 2.24) is 19.1 Å². The molecule has 0 aliphatic heterocycles. The summed E-state index contributed by atoms with van der Waals surface area (Å²) in [6, 6.07) is 18.3. The van der Waals surface area contributed by atoms with E-state index in [0.29, 0.717) is 34.1 Å². The van der Waals surface area contributed by atoms with Gasteiger partial charge in [-0.25, -0.2) is 9.97 Å². The summed E-state index contributed by atoms with van der Waals surface area (Å²) in [5.74, 6) is 0.721. The van der Waals surface area contributed by atoms with Crippen molar-refractivity contribution in [3.8, 4) is 16.9 Å². The number of benzene rings is 2. The molecule has 0 radical (unpaired) electrons. The molecule has 2 aromatic carbocycles. The minimum Gasteiger partial charge on any atom is -0.494 e. The molecule has 3 aromatic heterocycles. The molecule has 0 spiro atoms. The lowest BCUT2D eigenvalue weighted by atomic mass is 9.82. The maximum atomic E-state index is 13.3. The third kappa shape index (κ3) is 3.86. The summed E-state index contributed by atoms with van der Waals surface area (Å²) < 4.78 is 9.00. The summed E-state index contributed by atoms with van der Waals surface area (Å²) in [5, 5.41) is 13.6. The fourth-order valence-electron chi connectivity index (χ4n) is 4.72. The number of hydrogen-bond acceptors (Lipinski definition) is 5. The van der Waals surface area contributed by atoms with Crippen LogP contribution < -0.4 is 10.3 Å². The second-order valence-electron chi connectivity index (χ2n) is 8.59. The minimum atomic E-state index is -1.67. The molecule has 3 heterocycles. The van der Waals surface area contributed by atoms with E-state index in [0.717, 1.165) is 22.3 Å². The highest BCUT2D eigenvalue weighted by molar-refractivity contribution is 6.29. The van der Waals surface area contributed by atoms with E-state index in [4.69, 9.17) is 16.3 Å². The Hall–Kier alpha value is -3.94. The molecule has 0 amide bonds. The summed E-state index contributed by atoms with van der Waals surface area (Å²) >= 11 is 6.06. The van der Waals surface area contributed by atoms with Crippen LogP contribution >= 0.6 is 11.6 Å². The van der Waals surface area contributed by atoms with E-state index in [1.165, 1.54) is 0 Å². The topological polar surface area (TPSA) is 82.2 Å². The van der Waals surface area contributed by atoms with Gasteiger partial charge in [0.15, 0.2) is 5.60 Å². The molecule has 1 atom stereocenters. The first-order valence-corrected chi connectivity index (χ1v) is 11.9. The second-order valence-corrected chi connectivity index (χ2v) is 8.97. The number of rotatable bonds is 6. The summed E-state index contributed by atoms with van der Waals surface area (Å²) in [7, 11) is 3.52. The molecule has 5 aromatic rings. The first kappa shape index (κ1) is 23.8. The van der Waals surface area contributed by atoms with Crippen LogP contribution in [-0.4, -0.2) is 30.8 Å². The Labute approximate surface area is 213 Å². The molecule has 0 aliphatic rings. The van der Waals surface area contributed by atoms with Crippen LogP contribution in [0.5, 0.6) is 5.75 Å². The van der Waals surface area contributed by atoms with E-state index in [2.05, 4.69) is 9.97 Å². The van der Waals surface area contributed by atoms with Crippen LogP contribution in [0.15, 0.2) is 84.2 Å². The number of halogens is 1. The molecule has 1 N–H and O–H groups in total. The van der Waals surface area contributed by atoms with E-state index in [9.17, 15) is 9.90 Å². The Balaban J connectivity index is 1.86. The first-order valence-electron chi connectivity index (χ1n) is 11.5. The highest BCUT2D eigenvalue weighted by atomic mass is 35.5. The maximum Gasteiger partial charge on any atom is 0.251 e. The molecule has 0 aliphatic carbocycles. The zero-order valence-corrected chi connectivity index (χ0v) is 20.9. The molecule has 36 heavy (non-hydrogen) atoms. The van der Waals surface area contributed by atoms with Gasteiger partial charge in [-0.15, -0.1) is 0 Å². The normalized spacial score (nSPS) is 13.0. The number of hydrogen-bond donors (Lipinski definition) is 1. The van der Waals surface area contributed by atoms with Gasteiger partial charge in [0.2, 0.25) is 0 Å². The van der Waals surface area contributed by atoms with Gasteiger partial charge in [0.05, 0.1) is 30.3 Å². The van der Waals surface area contributed by atoms with Crippen LogP contribution in [0.1, 0.15) is 23.7 Å². The molecule has 7 nitrogen and oxygen atoms in total. The molecule has 5 rings (SSSR count). The zero-order chi connectivity index (χ0) is 25.4. The van der Waals surface area contributed by atoms with E-state index in [1.54, 1.807) is 53.1 Å². The number of pyridine rings is 2. The summed E-state index contributed by atoms with van der Waals surface area (Å²) in [6.07, 6.45) is 4.78. The number of ether oxygens (including phenoxy) is 1. The molecular formula is C28H25ClN4O3. The smallest absolute Gasteiger partial charge is 0.251 e. The van der Waals surface area contributed by atoms with Gasteiger partial charge in [-0.1, -0.05) is 48.0 Å². The fraction of sp³-hybridized carbons (Fsp3) is 0.179. The summed E-state index contributed by atoms with van der Waals surface area (Å²) in [6.45, 7) is 2.47. The fourth-order valence-corrected chi connectivity index (χ4v) is 4.83. The highest BCUT2D eigenvalue weighted by Gasteiger charge is 2.39. The Kier molecular flexibility index (Phi) is 6.12. The van der Waals surface area contributed by atoms with Gasteiger partial charge < -0.3 is 19.0 Å². The number of nitrogens with zero attached hydrogens (tertiary/aromatic N) is 4. The predicted octanol–water partition coefficient (Wildman–Crippen LogP) is 4.67. The number of aromatic nitrogens is 4. The standard InChI is InChI=1S/C28H25ClN4O3/c1-4-36-20-8-5-7-18(13-20)22-14-26(34)33(3)27-21(22)9-6-10-23(27)28(35,24-16-30-17-32(24)2)19-11-12-25(29)31-15-19/h5-17,35H,4H2,1-3H3. The van der Waals surface area contributed by atoms with Crippen molar-refractivity contribution in [2.75, 3.05) is 6.61 Å². The largest absolute Gasteiger partial charge is 0.494 e. The van der Waals surface area contributed by atoms with Gasteiger partial charge in [-0.3, -0.25) is 4.79 Å². The summed E-state index contributed by atoms with van der Waals surface area (Å²) in [4.78, 5) is 21.7. The van der Waals surface area contributed by atoms with Gasteiger partial charge in [0.25, 0.3) is 5.56 Å². The predicted molar refractivity (Wildman–Crippen MR) is 140 cm³/mol. The van der Waals surface area contributed by atoms with Gasteiger partial charge in [0.1, 0.15) is 10.9 Å². The Morgan fingerprint density at radius 1 is 1.06 bits per heavy atom.